The molecule has 0 spiro atoms. The molecule has 1 aromatic rings. The molecule has 0 radical (unpaired) electrons. The molecule has 3 nitrogen and oxygen atoms in total. The molecule has 0 aliphatic carbocycles. The Balaban J connectivity index is 2.53. The van der Waals surface area contributed by atoms with Crippen molar-refractivity contribution < 1.29 is 5.11 Å². The summed E-state index contributed by atoms with van der Waals surface area (Å²) in [4.78, 5) is 4.04. The number of imidazole rings is 1. The van der Waals surface area contributed by atoms with Crippen molar-refractivity contribution in [2.45, 2.75) is 19.1 Å². The minimum absolute atomic E-state index is 0.355. The van der Waals surface area contributed by atoms with Crippen LogP contribution in [0.3, 0.4) is 0 Å². The average molecular weight is 203 g/mol. The molecule has 1 aliphatic heterocycles. The summed E-state index contributed by atoms with van der Waals surface area (Å²) in [5.41, 5.74) is 0. The minimum atomic E-state index is -0.355. The number of nitrogens with zero attached hydrogens (tertiary/aromatic N) is 2. The zero-order valence-electron chi connectivity index (χ0n) is 5.29. The van der Waals surface area contributed by atoms with E-state index < -0.39 is 0 Å². The monoisotopic (exact) mass is 202 g/mol. The molecule has 0 bridgehead atoms. The van der Waals surface area contributed by atoms with Gasteiger partial charge < -0.3 is 9.67 Å². The fourth-order valence-electron chi connectivity index (χ4n) is 1.24. The van der Waals surface area contributed by atoms with Crippen LogP contribution in [0.15, 0.2) is 10.8 Å². The van der Waals surface area contributed by atoms with Crippen LogP contribution >= 0.6 is 15.9 Å². The summed E-state index contributed by atoms with van der Waals surface area (Å²) in [7, 11) is 0. The lowest BCUT2D eigenvalue weighted by molar-refractivity contribution is 0.175. The molecular weight excluding hydrogens is 196 g/mol. The molecule has 10 heavy (non-hydrogen) atoms. The van der Waals surface area contributed by atoms with Crippen molar-refractivity contribution in [1.29, 1.82) is 0 Å². The number of fused-ring (bicyclic) bond motifs is 1. The van der Waals surface area contributed by atoms with E-state index in [4.69, 9.17) is 0 Å². The van der Waals surface area contributed by atoms with Gasteiger partial charge in [-0.05, 0) is 22.4 Å². The van der Waals surface area contributed by atoms with Crippen LogP contribution in [-0.2, 0) is 6.54 Å². The maximum Gasteiger partial charge on any atom is 0.138 e. The number of halogens is 1. The third kappa shape index (κ3) is 0.722. The predicted octanol–water partition coefficient (Wildman–Crippen LogP) is 1.08. The second kappa shape index (κ2) is 2.07. The van der Waals surface area contributed by atoms with Gasteiger partial charge in [0.15, 0.2) is 0 Å². The molecule has 0 fully saturated rings. The Morgan fingerprint density at radius 2 is 2.60 bits per heavy atom. The number of hydrogen-bond donors (Lipinski definition) is 1. The van der Waals surface area contributed by atoms with E-state index in [2.05, 4.69) is 20.9 Å². The van der Waals surface area contributed by atoms with Crippen molar-refractivity contribution in [2.24, 2.45) is 0 Å². The SMILES string of the molecule is OC1CCn2c(Br)cnc21. The Labute approximate surface area is 66.8 Å². The molecule has 0 saturated heterocycles. The van der Waals surface area contributed by atoms with Crippen LogP contribution < -0.4 is 0 Å². The molecule has 0 aromatic carbocycles. The van der Waals surface area contributed by atoms with Gasteiger partial charge in [-0.1, -0.05) is 0 Å². The Morgan fingerprint density at radius 1 is 1.80 bits per heavy atom. The minimum Gasteiger partial charge on any atom is -0.385 e. The van der Waals surface area contributed by atoms with Crippen molar-refractivity contribution in [2.75, 3.05) is 0 Å². The lowest BCUT2D eigenvalue weighted by Crippen LogP contribution is -1.93. The molecule has 1 N–H and O–H groups in total. The Morgan fingerprint density at radius 3 is 3.30 bits per heavy atom. The molecule has 1 aliphatic rings. The fourth-order valence-corrected chi connectivity index (χ4v) is 1.70. The topological polar surface area (TPSA) is 38.0 Å². The second-order valence-corrected chi connectivity index (χ2v) is 3.21. The standard InChI is InChI=1S/C6H7BrN2O/c7-5-3-8-6-4(10)1-2-9(5)6/h3-4,10H,1-2H2. The second-order valence-electron chi connectivity index (χ2n) is 2.40. The third-order valence-electron chi connectivity index (χ3n) is 1.76. The van der Waals surface area contributed by atoms with Gasteiger partial charge in [0.05, 0.1) is 6.20 Å². The molecular formula is C6H7BrN2O. The van der Waals surface area contributed by atoms with Crippen LogP contribution in [0.25, 0.3) is 0 Å². The molecule has 4 heteroatoms. The van der Waals surface area contributed by atoms with Crippen molar-refractivity contribution in [3.63, 3.8) is 0 Å². The summed E-state index contributed by atoms with van der Waals surface area (Å²) in [6.07, 6.45) is 2.16. The predicted molar refractivity (Wildman–Crippen MR) is 39.5 cm³/mol. The number of aromatic nitrogens is 2. The summed E-state index contributed by atoms with van der Waals surface area (Å²) in [5, 5.41) is 9.29. The van der Waals surface area contributed by atoms with Crippen LogP contribution in [-0.4, -0.2) is 14.7 Å². The van der Waals surface area contributed by atoms with Gasteiger partial charge in [-0.3, -0.25) is 0 Å². The van der Waals surface area contributed by atoms with Crippen molar-refractivity contribution in [3.05, 3.63) is 16.6 Å². The van der Waals surface area contributed by atoms with Crippen LogP contribution in [0.2, 0.25) is 0 Å². The number of aliphatic hydroxyl groups is 1. The van der Waals surface area contributed by atoms with E-state index in [1.54, 1.807) is 6.20 Å². The Bertz CT molecular complexity index is 258. The first kappa shape index (κ1) is 6.37. The van der Waals surface area contributed by atoms with E-state index in [-0.39, 0.29) is 6.10 Å². The molecule has 2 heterocycles. The summed E-state index contributed by atoms with van der Waals surface area (Å²) in [5.74, 6) is 0.784. The van der Waals surface area contributed by atoms with Gasteiger partial charge in [0, 0.05) is 6.54 Å². The van der Waals surface area contributed by atoms with Crippen molar-refractivity contribution >= 4 is 15.9 Å². The number of hydrogen-bond acceptors (Lipinski definition) is 2. The molecule has 0 amide bonds. The molecule has 1 unspecified atom stereocenters. The van der Waals surface area contributed by atoms with E-state index in [9.17, 15) is 5.11 Å². The Kier molecular flexibility index (Phi) is 1.32. The summed E-state index contributed by atoms with van der Waals surface area (Å²) in [6, 6.07) is 0. The first-order valence-electron chi connectivity index (χ1n) is 3.18. The van der Waals surface area contributed by atoms with Gasteiger partial charge in [0.25, 0.3) is 0 Å². The zero-order chi connectivity index (χ0) is 7.14. The lowest BCUT2D eigenvalue weighted by atomic mass is 10.3. The zero-order valence-corrected chi connectivity index (χ0v) is 6.87. The normalized spacial score (nSPS) is 23.2. The van der Waals surface area contributed by atoms with Gasteiger partial charge >= 0.3 is 0 Å². The number of rotatable bonds is 0. The van der Waals surface area contributed by atoms with Gasteiger partial charge in [-0.2, -0.15) is 0 Å². The van der Waals surface area contributed by atoms with Crippen LogP contribution in [0.1, 0.15) is 18.3 Å². The maximum atomic E-state index is 9.29. The van der Waals surface area contributed by atoms with E-state index in [1.807, 2.05) is 4.57 Å². The average Bonchev–Trinajstić information content (AvgIpc) is 2.41. The smallest absolute Gasteiger partial charge is 0.138 e. The summed E-state index contributed by atoms with van der Waals surface area (Å²) < 4.78 is 2.93. The van der Waals surface area contributed by atoms with E-state index in [1.165, 1.54) is 0 Å². The largest absolute Gasteiger partial charge is 0.385 e. The first-order valence-corrected chi connectivity index (χ1v) is 3.97. The van der Waals surface area contributed by atoms with Crippen LogP contribution in [0.5, 0.6) is 0 Å². The van der Waals surface area contributed by atoms with Gasteiger partial charge in [-0.15, -0.1) is 0 Å². The highest BCUT2D eigenvalue weighted by molar-refractivity contribution is 9.10. The molecule has 1 atom stereocenters. The summed E-state index contributed by atoms with van der Waals surface area (Å²) >= 11 is 3.33. The molecule has 0 saturated carbocycles. The molecule has 2 rings (SSSR count). The van der Waals surface area contributed by atoms with Gasteiger partial charge in [0.2, 0.25) is 0 Å². The van der Waals surface area contributed by atoms with Crippen LogP contribution in [0, 0.1) is 0 Å². The lowest BCUT2D eigenvalue weighted by Gasteiger charge is -1.95. The van der Waals surface area contributed by atoms with Crippen LogP contribution in [0.4, 0.5) is 0 Å². The van der Waals surface area contributed by atoms with E-state index in [0.717, 1.165) is 23.4 Å². The van der Waals surface area contributed by atoms with Gasteiger partial charge in [0.1, 0.15) is 16.5 Å². The third-order valence-corrected chi connectivity index (χ3v) is 2.39. The molecule has 54 valence electrons. The van der Waals surface area contributed by atoms with E-state index >= 15 is 0 Å². The Hall–Kier alpha value is -0.350. The van der Waals surface area contributed by atoms with Crippen molar-refractivity contribution in [3.8, 4) is 0 Å². The van der Waals surface area contributed by atoms with E-state index in [0.29, 0.717) is 0 Å². The number of aliphatic hydroxyl groups excluding tert-OH is 1. The van der Waals surface area contributed by atoms with Gasteiger partial charge in [-0.25, -0.2) is 4.98 Å². The summed E-state index contributed by atoms with van der Waals surface area (Å²) in [6.45, 7) is 0.872. The maximum absolute atomic E-state index is 9.29. The highest BCUT2D eigenvalue weighted by Crippen LogP contribution is 2.27. The molecule has 1 aromatic heterocycles. The van der Waals surface area contributed by atoms with Crippen molar-refractivity contribution in [1.82, 2.24) is 9.55 Å². The fraction of sp³-hybridized carbons (Fsp3) is 0.500. The first-order chi connectivity index (χ1) is 4.79. The highest BCUT2D eigenvalue weighted by Gasteiger charge is 2.22. The highest BCUT2D eigenvalue weighted by atomic mass is 79.9. The quantitative estimate of drug-likeness (QED) is 0.685.